The van der Waals surface area contributed by atoms with E-state index >= 15 is 0 Å². The van der Waals surface area contributed by atoms with Crippen molar-refractivity contribution in [2.75, 3.05) is 33.2 Å². The summed E-state index contributed by atoms with van der Waals surface area (Å²) in [6.45, 7) is 3.44. The molecule has 1 aliphatic heterocycles. The van der Waals surface area contributed by atoms with Crippen molar-refractivity contribution < 1.29 is 4.79 Å². The summed E-state index contributed by atoms with van der Waals surface area (Å²) >= 11 is 3.39. The fraction of sp³-hybridized carbons (Fsp3) is 0.357. The third-order valence-corrected chi connectivity index (χ3v) is 3.67. The average molecular weight is 324 g/mol. The van der Waals surface area contributed by atoms with Crippen LogP contribution in [0, 0.1) is 0 Å². The van der Waals surface area contributed by atoms with Gasteiger partial charge in [-0.2, -0.15) is 0 Å². The highest BCUT2D eigenvalue weighted by atomic mass is 79.9. The molecular formula is C14H18BrN3O. The molecule has 4 nitrogen and oxygen atoms in total. The zero-order chi connectivity index (χ0) is 13.7. The van der Waals surface area contributed by atoms with Gasteiger partial charge in [0.05, 0.1) is 0 Å². The first-order chi connectivity index (χ1) is 9.15. The lowest BCUT2D eigenvalue weighted by molar-refractivity contribution is 0.157. The molecule has 19 heavy (non-hydrogen) atoms. The first-order valence-electron chi connectivity index (χ1n) is 6.31. The van der Waals surface area contributed by atoms with Gasteiger partial charge in [0, 0.05) is 36.9 Å². The van der Waals surface area contributed by atoms with Crippen LogP contribution in [0.5, 0.6) is 0 Å². The largest absolute Gasteiger partial charge is 0.322 e. The normalized spacial score (nSPS) is 16.8. The summed E-state index contributed by atoms with van der Waals surface area (Å²) in [5, 5.41) is 2.81. The first kappa shape index (κ1) is 14.1. The van der Waals surface area contributed by atoms with Gasteiger partial charge >= 0.3 is 6.03 Å². The second-order valence-corrected chi connectivity index (χ2v) is 5.54. The van der Waals surface area contributed by atoms with Crippen LogP contribution in [0.3, 0.4) is 0 Å². The molecule has 0 spiro atoms. The molecule has 0 radical (unpaired) electrons. The predicted octanol–water partition coefficient (Wildman–Crippen LogP) is 2.38. The number of carbonyl (C=O) groups is 1. The number of carbonyl (C=O) groups excluding carboxylic acids is 1. The van der Waals surface area contributed by atoms with E-state index in [1.165, 1.54) is 0 Å². The molecular weight excluding hydrogens is 306 g/mol. The fourth-order valence-electron chi connectivity index (χ4n) is 1.88. The maximum Gasteiger partial charge on any atom is 0.321 e. The van der Waals surface area contributed by atoms with Crippen LogP contribution in [-0.2, 0) is 0 Å². The summed E-state index contributed by atoms with van der Waals surface area (Å²) in [5.41, 5.74) is 1.06. The minimum atomic E-state index is -0.0264. The monoisotopic (exact) mass is 323 g/mol. The van der Waals surface area contributed by atoms with E-state index in [-0.39, 0.29) is 6.03 Å². The van der Waals surface area contributed by atoms with Crippen LogP contribution < -0.4 is 5.32 Å². The van der Waals surface area contributed by atoms with Crippen molar-refractivity contribution in [3.05, 3.63) is 40.5 Å². The Kier molecular flexibility index (Phi) is 4.99. The van der Waals surface area contributed by atoms with Gasteiger partial charge in [-0.25, -0.2) is 4.79 Å². The molecule has 1 N–H and O–H groups in total. The number of urea groups is 1. The van der Waals surface area contributed by atoms with E-state index in [1.807, 2.05) is 35.2 Å². The number of benzene rings is 1. The van der Waals surface area contributed by atoms with E-state index in [4.69, 9.17) is 0 Å². The lowest BCUT2D eigenvalue weighted by atomic mass is 10.2. The zero-order valence-electron chi connectivity index (χ0n) is 11.0. The summed E-state index contributed by atoms with van der Waals surface area (Å²) in [4.78, 5) is 15.9. The standard InChI is InChI=1S/C14H18BrN3O/c1-17-8-10-18(11-9-17)14(19)16-7-6-12-2-4-13(15)5-3-12/h2-7H,8-11H2,1H3,(H,16,19)/b7-6+. The lowest BCUT2D eigenvalue weighted by Gasteiger charge is -2.31. The maximum atomic E-state index is 11.9. The van der Waals surface area contributed by atoms with Gasteiger partial charge in [-0.15, -0.1) is 0 Å². The minimum absolute atomic E-state index is 0.0264. The Bertz CT molecular complexity index is 450. The third kappa shape index (κ3) is 4.36. The van der Waals surface area contributed by atoms with Crippen molar-refractivity contribution >= 4 is 28.0 Å². The highest BCUT2D eigenvalue weighted by molar-refractivity contribution is 9.10. The number of hydrogen-bond donors (Lipinski definition) is 1. The molecule has 2 amide bonds. The molecule has 1 heterocycles. The van der Waals surface area contributed by atoms with Crippen molar-refractivity contribution in [3.63, 3.8) is 0 Å². The second kappa shape index (κ2) is 6.73. The molecule has 1 saturated heterocycles. The molecule has 1 aliphatic rings. The first-order valence-corrected chi connectivity index (χ1v) is 7.10. The summed E-state index contributed by atoms with van der Waals surface area (Å²) < 4.78 is 1.05. The Morgan fingerprint density at radius 2 is 1.84 bits per heavy atom. The van der Waals surface area contributed by atoms with Crippen LogP contribution in [0.4, 0.5) is 4.79 Å². The topological polar surface area (TPSA) is 35.6 Å². The number of piperazine rings is 1. The lowest BCUT2D eigenvalue weighted by Crippen LogP contribution is -2.49. The summed E-state index contributed by atoms with van der Waals surface area (Å²) in [5.74, 6) is 0. The van der Waals surface area contributed by atoms with Gasteiger partial charge in [-0.3, -0.25) is 0 Å². The molecule has 0 aromatic heterocycles. The molecule has 0 bridgehead atoms. The Hall–Kier alpha value is -1.33. The van der Waals surface area contributed by atoms with Crippen molar-refractivity contribution in [2.24, 2.45) is 0 Å². The van der Waals surface area contributed by atoms with Gasteiger partial charge in [0.15, 0.2) is 0 Å². The molecule has 102 valence electrons. The number of nitrogens with one attached hydrogen (secondary N) is 1. The van der Waals surface area contributed by atoms with Gasteiger partial charge in [-0.1, -0.05) is 28.1 Å². The predicted molar refractivity (Wildman–Crippen MR) is 80.8 cm³/mol. The molecule has 0 atom stereocenters. The van der Waals surface area contributed by atoms with E-state index < -0.39 is 0 Å². The zero-order valence-corrected chi connectivity index (χ0v) is 12.6. The summed E-state index contributed by atoms with van der Waals surface area (Å²) in [7, 11) is 2.07. The van der Waals surface area contributed by atoms with Crippen LogP contribution in [0.15, 0.2) is 34.9 Å². The van der Waals surface area contributed by atoms with Crippen LogP contribution in [0.25, 0.3) is 6.08 Å². The third-order valence-electron chi connectivity index (χ3n) is 3.14. The quantitative estimate of drug-likeness (QED) is 0.907. The Morgan fingerprint density at radius 1 is 1.21 bits per heavy atom. The molecule has 2 rings (SSSR count). The van der Waals surface area contributed by atoms with Gasteiger partial charge in [-0.05, 0) is 30.8 Å². The SMILES string of the molecule is CN1CCN(C(=O)N/C=C/c2ccc(Br)cc2)CC1. The Morgan fingerprint density at radius 3 is 2.47 bits per heavy atom. The number of halogens is 1. The highest BCUT2D eigenvalue weighted by Crippen LogP contribution is 2.11. The van der Waals surface area contributed by atoms with Crippen LogP contribution in [0.1, 0.15) is 5.56 Å². The van der Waals surface area contributed by atoms with E-state index in [2.05, 4.69) is 33.2 Å². The summed E-state index contributed by atoms with van der Waals surface area (Å²) in [6, 6.07) is 7.90. The smallest absolute Gasteiger partial charge is 0.321 e. The number of amides is 2. The van der Waals surface area contributed by atoms with Crippen LogP contribution in [0.2, 0.25) is 0 Å². The van der Waals surface area contributed by atoms with Gasteiger partial charge in [0.1, 0.15) is 0 Å². The number of nitrogens with zero attached hydrogens (tertiary/aromatic N) is 2. The average Bonchev–Trinajstić information content (AvgIpc) is 2.41. The van der Waals surface area contributed by atoms with Gasteiger partial charge in [0.2, 0.25) is 0 Å². The van der Waals surface area contributed by atoms with E-state index in [0.717, 1.165) is 36.2 Å². The number of hydrogen-bond acceptors (Lipinski definition) is 2. The number of rotatable bonds is 2. The molecule has 1 fully saturated rings. The Labute approximate surface area is 122 Å². The van der Waals surface area contributed by atoms with Crippen LogP contribution >= 0.6 is 15.9 Å². The van der Waals surface area contributed by atoms with Gasteiger partial charge in [0.25, 0.3) is 0 Å². The van der Waals surface area contributed by atoms with Crippen molar-refractivity contribution in [1.82, 2.24) is 15.1 Å². The highest BCUT2D eigenvalue weighted by Gasteiger charge is 2.17. The minimum Gasteiger partial charge on any atom is -0.322 e. The molecule has 0 aliphatic carbocycles. The van der Waals surface area contributed by atoms with E-state index in [0.29, 0.717) is 0 Å². The molecule has 5 heteroatoms. The molecule has 1 aromatic carbocycles. The van der Waals surface area contributed by atoms with Gasteiger partial charge < -0.3 is 15.1 Å². The second-order valence-electron chi connectivity index (χ2n) is 4.62. The van der Waals surface area contributed by atoms with Crippen molar-refractivity contribution in [2.45, 2.75) is 0 Å². The summed E-state index contributed by atoms with van der Waals surface area (Å²) in [6.07, 6.45) is 3.59. The van der Waals surface area contributed by atoms with E-state index in [9.17, 15) is 4.79 Å². The van der Waals surface area contributed by atoms with Crippen LogP contribution in [-0.4, -0.2) is 49.1 Å². The number of likely N-dealkylation sites (N-methyl/N-ethyl adjacent to an activating group) is 1. The Balaban J connectivity index is 1.81. The fourth-order valence-corrected chi connectivity index (χ4v) is 2.15. The van der Waals surface area contributed by atoms with E-state index in [1.54, 1.807) is 6.20 Å². The molecule has 0 unspecified atom stereocenters. The molecule has 1 aromatic rings. The van der Waals surface area contributed by atoms with Crippen molar-refractivity contribution in [3.8, 4) is 0 Å². The molecule has 0 saturated carbocycles. The van der Waals surface area contributed by atoms with Crippen molar-refractivity contribution in [1.29, 1.82) is 0 Å². The maximum absolute atomic E-state index is 11.9.